The highest BCUT2D eigenvalue weighted by molar-refractivity contribution is 5.88. The molecule has 178 valence electrons. The number of aromatic nitrogens is 3. The fourth-order valence-electron chi connectivity index (χ4n) is 4.49. The summed E-state index contributed by atoms with van der Waals surface area (Å²) in [6.07, 6.45) is 4.06. The van der Waals surface area contributed by atoms with E-state index < -0.39 is 0 Å². The Morgan fingerprint density at radius 1 is 1.15 bits per heavy atom. The van der Waals surface area contributed by atoms with Crippen molar-refractivity contribution < 1.29 is 9.53 Å². The Kier molecular flexibility index (Phi) is 6.82. The third kappa shape index (κ3) is 4.95. The Bertz CT molecular complexity index is 1120. The molecule has 2 aliphatic rings. The van der Waals surface area contributed by atoms with Gasteiger partial charge in [-0.15, -0.1) is 0 Å². The molecule has 9 nitrogen and oxygen atoms in total. The number of anilines is 2. The van der Waals surface area contributed by atoms with E-state index in [-0.39, 0.29) is 12.0 Å². The fraction of sp³-hybridized carbons (Fsp3) is 0.440. The molecule has 1 amide bonds. The van der Waals surface area contributed by atoms with E-state index in [2.05, 4.69) is 49.8 Å². The highest BCUT2D eigenvalue weighted by Crippen LogP contribution is 2.27. The maximum atomic E-state index is 11.9. The number of piperazine rings is 1. The summed E-state index contributed by atoms with van der Waals surface area (Å²) in [6, 6.07) is 10.4. The van der Waals surface area contributed by atoms with Crippen LogP contribution in [0, 0.1) is 0 Å². The summed E-state index contributed by atoms with van der Waals surface area (Å²) in [5, 5.41) is 6.78. The molecule has 0 unspecified atom stereocenters. The zero-order valence-corrected chi connectivity index (χ0v) is 19.5. The van der Waals surface area contributed by atoms with Gasteiger partial charge in [0.05, 0.1) is 23.9 Å². The molecule has 2 saturated heterocycles. The smallest absolute Gasteiger partial charge is 0.222 e. The molecule has 1 atom stereocenters. The number of nitrogens with zero attached hydrogens (tertiary/aromatic N) is 5. The summed E-state index contributed by atoms with van der Waals surface area (Å²) in [7, 11) is 0. The summed E-state index contributed by atoms with van der Waals surface area (Å²) in [5.41, 5.74) is 4.59. The third-order valence-corrected chi connectivity index (χ3v) is 6.42. The molecule has 2 aromatic heterocycles. The van der Waals surface area contributed by atoms with E-state index >= 15 is 0 Å². The van der Waals surface area contributed by atoms with Gasteiger partial charge >= 0.3 is 0 Å². The van der Waals surface area contributed by atoms with Gasteiger partial charge < -0.3 is 25.2 Å². The molecule has 0 spiro atoms. The van der Waals surface area contributed by atoms with Crippen molar-refractivity contribution in [2.45, 2.75) is 19.4 Å². The third-order valence-electron chi connectivity index (χ3n) is 6.42. The molecule has 2 N–H and O–H groups in total. The number of amides is 1. The van der Waals surface area contributed by atoms with E-state index in [1.165, 1.54) is 0 Å². The van der Waals surface area contributed by atoms with Crippen molar-refractivity contribution in [1.29, 1.82) is 0 Å². The number of ether oxygens (including phenoxy) is 1. The van der Waals surface area contributed by atoms with Gasteiger partial charge in [-0.25, -0.2) is 9.97 Å². The van der Waals surface area contributed by atoms with Crippen molar-refractivity contribution in [2.75, 3.05) is 62.6 Å². The van der Waals surface area contributed by atoms with Crippen LogP contribution in [-0.2, 0) is 9.53 Å². The van der Waals surface area contributed by atoms with E-state index in [0.29, 0.717) is 13.0 Å². The molecule has 3 aromatic rings. The lowest BCUT2D eigenvalue weighted by Crippen LogP contribution is -2.48. The average Bonchev–Trinajstić information content (AvgIpc) is 2.92. The van der Waals surface area contributed by atoms with Crippen molar-refractivity contribution in [3.63, 3.8) is 0 Å². The maximum absolute atomic E-state index is 11.9. The van der Waals surface area contributed by atoms with Gasteiger partial charge in [-0.2, -0.15) is 0 Å². The van der Waals surface area contributed by atoms with E-state index in [9.17, 15) is 4.79 Å². The van der Waals surface area contributed by atoms with Gasteiger partial charge in [-0.05, 0) is 18.2 Å². The molecule has 2 fully saturated rings. The Hall–Kier alpha value is -3.30. The highest BCUT2D eigenvalue weighted by atomic mass is 16.5. The van der Waals surface area contributed by atoms with Crippen LogP contribution in [0.2, 0.25) is 0 Å². The van der Waals surface area contributed by atoms with E-state index in [1.807, 2.05) is 17.9 Å². The second-order valence-corrected chi connectivity index (χ2v) is 8.63. The number of carbonyl (C=O) groups excluding carboxylic acids is 1. The fourth-order valence-corrected chi connectivity index (χ4v) is 4.49. The Labute approximate surface area is 199 Å². The lowest BCUT2D eigenvalue weighted by atomic mass is 10.1. The van der Waals surface area contributed by atoms with Gasteiger partial charge in [0.1, 0.15) is 5.52 Å². The first-order valence-electron chi connectivity index (χ1n) is 12.0. The Morgan fingerprint density at radius 3 is 2.68 bits per heavy atom. The van der Waals surface area contributed by atoms with Crippen LogP contribution >= 0.6 is 0 Å². The molecular weight excluding hydrogens is 430 g/mol. The van der Waals surface area contributed by atoms with Crippen LogP contribution in [0.3, 0.4) is 0 Å². The number of nitrogens with one attached hydrogen (secondary N) is 2. The number of benzene rings is 1. The van der Waals surface area contributed by atoms with Crippen molar-refractivity contribution in [3.8, 4) is 11.3 Å². The van der Waals surface area contributed by atoms with Crippen molar-refractivity contribution in [3.05, 3.63) is 42.7 Å². The number of hydrogen-bond acceptors (Lipinski definition) is 8. The van der Waals surface area contributed by atoms with Gasteiger partial charge in [-0.3, -0.25) is 9.78 Å². The number of carbonyl (C=O) groups is 1. The van der Waals surface area contributed by atoms with Crippen LogP contribution in [0.1, 0.15) is 13.3 Å². The van der Waals surface area contributed by atoms with Gasteiger partial charge in [0.2, 0.25) is 5.91 Å². The number of pyridine rings is 1. The van der Waals surface area contributed by atoms with Crippen molar-refractivity contribution >= 4 is 28.4 Å². The van der Waals surface area contributed by atoms with Crippen molar-refractivity contribution in [1.82, 2.24) is 25.2 Å². The van der Waals surface area contributed by atoms with E-state index in [1.54, 1.807) is 12.4 Å². The minimum absolute atomic E-state index is 0.0956. The molecular formula is C25H31N7O2. The lowest BCUT2D eigenvalue weighted by Gasteiger charge is -2.36. The van der Waals surface area contributed by atoms with Crippen LogP contribution in [0.25, 0.3) is 22.3 Å². The topological polar surface area (TPSA) is 95.5 Å². The van der Waals surface area contributed by atoms with E-state index in [0.717, 1.165) is 79.7 Å². The standard InChI is InChI=1S/C25H31N7O2/c1-2-23(33)32-12-10-31(11-13-32)19-5-3-18(4-6-19)21-15-22-24(28-8-7-27-22)25(30-21)29-17-20-16-26-9-14-34-20/h3-8,15,20,26H,2,9-14,16-17H2,1H3,(H,29,30)/t20-/m0/s1. The molecule has 0 radical (unpaired) electrons. The van der Waals surface area contributed by atoms with Crippen molar-refractivity contribution in [2.24, 2.45) is 0 Å². The summed E-state index contributed by atoms with van der Waals surface area (Å²) in [4.78, 5) is 30.1. The summed E-state index contributed by atoms with van der Waals surface area (Å²) in [5.74, 6) is 0.951. The van der Waals surface area contributed by atoms with Gasteiger partial charge in [0, 0.05) is 75.9 Å². The van der Waals surface area contributed by atoms with Crippen LogP contribution in [0.15, 0.2) is 42.7 Å². The van der Waals surface area contributed by atoms with Gasteiger partial charge in [-0.1, -0.05) is 19.1 Å². The molecule has 34 heavy (non-hydrogen) atoms. The first-order valence-corrected chi connectivity index (χ1v) is 12.0. The summed E-state index contributed by atoms with van der Waals surface area (Å²) < 4.78 is 5.81. The quantitative estimate of drug-likeness (QED) is 0.577. The molecule has 1 aromatic carbocycles. The highest BCUT2D eigenvalue weighted by Gasteiger charge is 2.20. The van der Waals surface area contributed by atoms with E-state index in [4.69, 9.17) is 9.72 Å². The summed E-state index contributed by atoms with van der Waals surface area (Å²) >= 11 is 0. The van der Waals surface area contributed by atoms with Crippen LogP contribution < -0.4 is 15.5 Å². The predicted octanol–water partition coefficient (Wildman–Crippen LogP) is 2.15. The number of rotatable bonds is 6. The zero-order valence-electron chi connectivity index (χ0n) is 19.5. The number of fused-ring (bicyclic) bond motifs is 1. The molecule has 2 aliphatic heterocycles. The van der Waals surface area contributed by atoms with Crippen LogP contribution in [-0.4, -0.2) is 84.3 Å². The minimum atomic E-state index is 0.0956. The molecule has 0 aliphatic carbocycles. The SMILES string of the molecule is CCC(=O)N1CCN(c2ccc(-c3cc4nccnc4c(NC[C@@H]4CNCCO4)n3)cc2)CC1. The number of hydrogen-bond donors (Lipinski definition) is 2. The normalized spacial score (nSPS) is 18.8. The Morgan fingerprint density at radius 2 is 1.94 bits per heavy atom. The van der Waals surface area contributed by atoms with Gasteiger partial charge in [0.25, 0.3) is 0 Å². The Balaban J connectivity index is 1.33. The molecule has 0 saturated carbocycles. The minimum Gasteiger partial charge on any atom is -0.374 e. The largest absolute Gasteiger partial charge is 0.374 e. The van der Waals surface area contributed by atoms with Gasteiger partial charge in [0.15, 0.2) is 5.82 Å². The summed E-state index contributed by atoms with van der Waals surface area (Å²) in [6.45, 7) is 8.24. The molecule has 0 bridgehead atoms. The molecule has 9 heteroatoms. The first-order chi connectivity index (χ1) is 16.7. The second-order valence-electron chi connectivity index (χ2n) is 8.63. The zero-order chi connectivity index (χ0) is 23.3. The predicted molar refractivity (Wildman–Crippen MR) is 133 cm³/mol. The first kappa shape index (κ1) is 22.5. The maximum Gasteiger partial charge on any atom is 0.222 e. The monoisotopic (exact) mass is 461 g/mol. The number of morpholine rings is 1. The second kappa shape index (κ2) is 10.3. The molecule has 4 heterocycles. The average molecular weight is 462 g/mol. The van der Waals surface area contributed by atoms with Crippen LogP contribution in [0.5, 0.6) is 0 Å². The van der Waals surface area contributed by atoms with Crippen LogP contribution in [0.4, 0.5) is 11.5 Å². The lowest BCUT2D eigenvalue weighted by molar-refractivity contribution is -0.131. The molecule has 5 rings (SSSR count).